The molecule has 0 unspecified atom stereocenters. The zero-order valence-electron chi connectivity index (χ0n) is 12.8. The van der Waals surface area contributed by atoms with Gasteiger partial charge in [-0.1, -0.05) is 42.5 Å². The van der Waals surface area contributed by atoms with E-state index in [0.29, 0.717) is 11.3 Å². The lowest BCUT2D eigenvalue weighted by Crippen LogP contribution is -2.32. The number of rotatable bonds is 5. The molecule has 0 saturated heterocycles. The number of para-hydroxylation sites is 1. The minimum atomic E-state index is -1.01. The van der Waals surface area contributed by atoms with E-state index in [0.717, 1.165) is 16.5 Å². The molecule has 2 atom stereocenters. The Hall–Kier alpha value is -2.40. The summed E-state index contributed by atoms with van der Waals surface area (Å²) < 4.78 is 11.7. The van der Waals surface area contributed by atoms with Crippen LogP contribution in [0.1, 0.15) is 22.0 Å². The van der Waals surface area contributed by atoms with Crippen molar-refractivity contribution in [2.75, 3.05) is 12.0 Å². The van der Waals surface area contributed by atoms with Crippen molar-refractivity contribution < 1.29 is 9.00 Å². The average Bonchev–Trinajstić information content (AvgIpc) is 3.03. The summed E-state index contributed by atoms with van der Waals surface area (Å²) in [5.41, 5.74) is 2.36. The van der Waals surface area contributed by atoms with Crippen LogP contribution in [0.25, 0.3) is 10.9 Å². The Morgan fingerprint density at radius 2 is 1.91 bits per heavy atom. The quantitative estimate of drug-likeness (QED) is 0.757. The van der Waals surface area contributed by atoms with E-state index in [1.54, 1.807) is 12.3 Å². The van der Waals surface area contributed by atoms with Crippen molar-refractivity contribution in [2.45, 2.75) is 6.04 Å². The molecule has 0 aliphatic carbocycles. The Balaban J connectivity index is 1.89. The third-order valence-electron chi connectivity index (χ3n) is 3.74. The number of aromatic nitrogens is 1. The predicted octanol–water partition coefficient (Wildman–Crippen LogP) is 3.02. The Morgan fingerprint density at radius 1 is 1.13 bits per heavy atom. The second-order valence-electron chi connectivity index (χ2n) is 5.42. The van der Waals surface area contributed by atoms with Gasteiger partial charge in [-0.25, -0.2) is 0 Å². The van der Waals surface area contributed by atoms with Crippen LogP contribution in [0.2, 0.25) is 0 Å². The number of hydrogen-bond acceptors (Lipinski definition) is 2. The number of hydrogen-bond donors (Lipinski definition) is 2. The summed E-state index contributed by atoms with van der Waals surface area (Å²) in [6.45, 7) is 0. The maximum atomic E-state index is 12.7. The Kier molecular flexibility index (Phi) is 4.57. The third-order valence-corrected chi connectivity index (χ3v) is 4.54. The fraction of sp³-hybridized carbons (Fsp3) is 0.167. The van der Waals surface area contributed by atoms with Crippen LogP contribution < -0.4 is 5.32 Å². The molecule has 0 aliphatic rings. The first kappa shape index (κ1) is 15.5. The van der Waals surface area contributed by atoms with Gasteiger partial charge in [0.1, 0.15) is 0 Å². The van der Waals surface area contributed by atoms with E-state index in [4.69, 9.17) is 0 Å². The lowest BCUT2D eigenvalue weighted by Gasteiger charge is -2.18. The normalized spacial score (nSPS) is 13.6. The molecule has 23 heavy (non-hydrogen) atoms. The van der Waals surface area contributed by atoms with Crippen LogP contribution in [0.15, 0.2) is 60.8 Å². The van der Waals surface area contributed by atoms with E-state index in [9.17, 15) is 9.00 Å². The molecule has 118 valence electrons. The van der Waals surface area contributed by atoms with Crippen molar-refractivity contribution in [2.24, 2.45) is 0 Å². The molecule has 0 fully saturated rings. The molecule has 0 spiro atoms. The van der Waals surface area contributed by atoms with E-state index in [-0.39, 0.29) is 11.9 Å². The van der Waals surface area contributed by atoms with Crippen LogP contribution in [-0.4, -0.2) is 27.1 Å². The molecule has 4 nitrogen and oxygen atoms in total. The summed E-state index contributed by atoms with van der Waals surface area (Å²) in [6, 6.07) is 16.9. The molecular formula is C18H18N2O2S. The Bertz CT molecular complexity index is 842. The van der Waals surface area contributed by atoms with E-state index >= 15 is 0 Å². The summed E-state index contributed by atoms with van der Waals surface area (Å²) in [4.78, 5) is 15.8. The molecule has 0 radical (unpaired) electrons. The molecule has 2 N–H and O–H groups in total. The van der Waals surface area contributed by atoms with Gasteiger partial charge in [-0.2, -0.15) is 0 Å². The molecule has 1 aromatic heterocycles. The summed E-state index contributed by atoms with van der Waals surface area (Å²) in [5, 5.41) is 4.00. The first-order valence-electron chi connectivity index (χ1n) is 7.37. The van der Waals surface area contributed by atoms with E-state index in [2.05, 4.69) is 10.3 Å². The summed E-state index contributed by atoms with van der Waals surface area (Å²) in [7, 11) is -1.01. The van der Waals surface area contributed by atoms with Crippen molar-refractivity contribution in [1.29, 1.82) is 0 Å². The molecule has 3 aromatic rings. The minimum absolute atomic E-state index is 0.169. The molecule has 0 bridgehead atoms. The van der Waals surface area contributed by atoms with Crippen LogP contribution in [0.3, 0.4) is 0 Å². The fourth-order valence-electron chi connectivity index (χ4n) is 2.65. The van der Waals surface area contributed by atoms with Crippen LogP contribution >= 0.6 is 0 Å². The van der Waals surface area contributed by atoms with Crippen molar-refractivity contribution in [1.82, 2.24) is 10.3 Å². The highest BCUT2D eigenvalue weighted by atomic mass is 32.2. The van der Waals surface area contributed by atoms with Crippen molar-refractivity contribution in [3.63, 3.8) is 0 Å². The van der Waals surface area contributed by atoms with E-state index in [1.165, 1.54) is 0 Å². The highest BCUT2D eigenvalue weighted by Gasteiger charge is 2.18. The third kappa shape index (κ3) is 3.51. The van der Waals surface area contributed by atoms with Gasteiger partial charge >= 0.3 is 0 Å². The number of benzene rings is 2. The molecule has 2 aromatic carbocycles. The first-order chi connectivity index (χ1) is 11.1. The van der Waals surface area contributed by atoms with E-state index < -0.39 is 10.8 Å². The number of carbonyl (C=O) groups excluding carboxylic acids is 1. The van der Waals surface area contributed by atoms with Crippen molar-refractivity contribution in [3.05, 3.63) is 71.9 Å². The van der Waals surface area contributed by atoms with E-state index in [1.807, 2.05) is 54.7 Å². The molecule has 1 amide bonds. The number of nitrogens with one attached hydrogen (secondary N) is 2. The van der Waals surface area contributed by atoms with Gasteiger partial charge < -0.3 is 10.3 Å². The first-order valence-corrected chi connectivity index (χ1v) is 9.10. The van der Waals surface area contributed by atoms with Gasteiger partial charge in [0.25, 0.3) is 5.91 Å². The summed E-state index contributed by atoms with van der Waals surface area (Å²) in [6.07, 6.45) is 3.46. The molecule has 1 heterocycles. The standard InChI is InChI=1S/C18H18N2O2S/c1-23(22)12-16(13-6-3-2-4-7-13)20-18(21)15-9-5-8-14-10-11-19-17(14)15/h2-11,16,19H,12H2,1H3,(H,20,21)/t16-,23-/m0/s1. The van der Waals surface area contributed by atoms with Gasteiger partial charge in [0, 0.05) is 34.4 Å². The molecule has 0 saturated carbocycles. The van der Waals surface area contributed by atoms with Crippen LogP contribution in [0, 0.1) is 0 Å². The van der Waals surface area contributed by atoms with Gasteiger partial charge in [0.05, 0.1) is 17.1 Å². The van der Waals surface area contributed by atoms with Crippen LogP contribution in [0.5, 0.6) is 0 Å². The van der Waals surface area contributed by atoms with Gasteiger partial charge in [0.2, 0.25) is 0 Å². The number of carbonyl (C=O) groups is 1. The number of aromatic amines is 1. The summed E-state index contributed by atoms with van der Waals surface area (Å²) in [5.74, 6) is 0.216. The predicted molar refractivity (Wildman–Crippen MR) is 93.9 cm³/mol. The number of amides is 1. The zero-order valence-corrected chi connectivity index (χ0v) is 13.6. The topological polar surface area (TPSA) is 62.0 Å². The minimum Gasteiger partial charge on any atom is -0.361 e. The molecule has 3 rings (SSSR count). The monoisotopic (exact) mass is 326 g/mol. The maximum absolute atomic E-state index is 12.7. The van der Waals surface area contributed by atoms with Gasteiger partial charge in [-0.15, -0.1) is 0 Å². The maximum Gasteiger partial charge on any atom is 0.253 e. The smallest absolute Gasteiger partial charge is 0.253 e. The molecular weight excluding hydrogens is 308 g/mol. The lowest BCUT2D eigenvalue weighted by molar-refractivity contribution is 0.0942. The van der Waals surface area contributed by atoms with Gasteiger partial charge in [-0.05, 0) is 17.7 Å². The summed E-state index contributed by atoms with van der Waals surface area (Å²) >= 11 is 0. The average molecular weight is 326 g/mol. The van der Waals surface area contributed by atoms with Crippen molar-refractivity contribution >= 4 is 27.6 Å². The highest BCUT2D eigenvalue weighted by molar-refractivity contribution is 7.84. The second kappa shape index (κ2) is 6.79. The lowest BCUT2D eigenvalue weighted by atomic mass is 10.1. The van der Waals surface area contributed by atoms with Crippen molar-refractivity contribution in [3.8, 4) is 0 Å². The molecule has 0 aliphatic heterocycles. The number of H-pyrrole nitrogens is 1. The second-order valence-corrected chi connectivity index (χ2v) is 6.90. The molecule has 5 heteroatoms. The zero-order chi connectivity index (χ0) is 16.2. The van der Waals surface area contributed by atoms with Gasteiger partial charge in [-0.3, -0.25) is 9.00 Å². The van der Waals surface area contributed by atoms with Gasteiger partial charge in [0.15, 0.2) is 0 Å². The number of fused-ring (bicyclic) bond motifs is 1. The SMILES string of the molecule is C[S@](=O)C[C@H](NC(=O)c1cccc2cc[nH]c12)c1ccccc1. The largest absolute Gasteiger partial charge is 0.361 e. The van der Waals surface area contributed by atoms with Crippen LogP contribution in [-0.2, 0) is 10.8 Å². The fourth-order valence-corrected chi connectivity index (χ4v) is 3.40. The van der Waals surface area contributed by atoms with Crippen LogP contribution in [0.4, 0.5) is 0 Å². The highest BCUT2D eigenvalue weighted by Crippen LogP contribution is 2.19. The Labute approximate surface area is 137 Å². The Morgan fingerprint density at radius 3 is 2.65 bits per heavy atom.